The molecule has 2 N–H and O–H groups in total. The van der Waals surface area contributed by atoms with Gasteiger partial charge in [-0.15, -0.1) is 0 Å². The fourth-order valence-corrected chi connectivity index (χ4v) is 2.25. The van der Waals surface area contributed by atoms with Gasteiger partial charge in [-0.3, -0.25) is 0 Å². The molecule has 0 amide bonds. The Hall–Kier alpha value is 1.22. The Balaban J connectivity index is 0. The summed E-state index contributed by atoms with van der Waals surface area (Å²) in [5, 5.41) is 0. The van der Waals surface area contributed by atoms with Gasteiger partial charge in [0.15, 0.2) is 0 Å². The van der Waals surface area contributed by atoms with E-state index >= 15 is 0 Å². The Morgan fingerprint density at radius 3 is 2.15 bits per heavy atom. The number of unbranched alkanes of at least 4 members (excludes halogenated alkanes) is 3. The van der Waals surface area contributed by atoms with Crippen molar-refractivity contribution in [3.05, 3.63) is 0 Å². The van der Waals surface area contributed by atoms with Crippen LogP contribution in [0.5, 0.6) is 0 Å². The minimum Gasteiger partial charge on any atom is -0.739 e. The van der Waals surface area contributed by atoms with Gasteiger partial charge < -0.3 is 10.3 Å². The standard InChI is InChI=1S/C6H15NO3S2.Na/c7-5-3-1-2-4-6-11-12(8,9)10;/h1-7H2,(H,8,9,10);/q;+1/p-1. The Morgan fingerprint density at radius 1 is 1.15 bits per heavy atom. The zero-order valence-electron chi connectivity index (χ0n) is 7.86. The third-order valence-electron chi connectivity index (χ3n) is 1.33. The van der Waals surface area contributed by atoms with Gasteiger partial charge in [0.25, 0.3) is 0 Å². The summed E-state index contributed by atoms with van der Waals surface area (Å²) in [6, 6.07) is 0. The van der Waals surface area contributed by atoms with Crippen molar-refractivity contribution in [1.82, 2.24) is 0 Å². The molecule has 0 spiro atoms. The summed E-state index contributed by atoms with van der Waals surface area (Å²) in [4.78, 5) is 0. The van der Waals surface area contributed by atoms with Crippen molar-refractivity contribution in [2.45, 2.75) is 25.7 Å². The number of hydrogen-bond donors (Lipinski definition) is 1. The van der Waals surface area contributed by atoms with E-state index in [2.05, 4.69) is 0 Å². The van der Waals surface area contributed by atoms with Crippen LogP contribution in [0.2, 0.25) is 0 Å². The van der Waals surface area contributed by atoms with Gasteiger partial charge in [-0.1, -0.05) is 12.8 Å². The van der Waals surface area contributed by atoms with Crippen molar-refractivity contribution in [2.24, 2.45) is 5.73 Å². The molecule has 0 aliphatic carbocycles. The minimum absolute atomic E-state index is 0. The molecule has 74 valence electrons. The molecule has 0 aliphatic heterocycles. The summed E-state index contributed by atoms with van der Waals surface area (Å²) in [5.41, 5.74) is 5.26. The maximum Gasteiger partial charge on any atom is 1.00 e. The second-order valence-corrected chi connectivity index (χ2v) is 5.83. The van der Waals surface area contributed by atoms with Crippen LogP contribution in [0.4, 0.5) is 0 Å². The molecule has 0 aromatic rings. The summed E-state index contributed by atoms with van der Waals surface area (Å²) in [6.45, 7) is 0.674. The van der Waals surface area contributed by atoms with Crippen LogP contribution < -0.4 is 35.3 Å². The van der Waals surface area contributed by atoms with E-state index < -0.39 is 9.15 Å². The van der Waals surface area contributed by atoms with Crippen molar-refractivity contribution in [2.75, 3.05) is 12.3 Å². The molecular formula is C6H14NNaO3S2. The molecule has 0 aromatic heterocycles. The molecule has 13 heavy (non-hydrogen) atoms. The van der Waals surface area contributed by atoms with Crippen LogP contribution in [0.15, 0.2) is 0 Å². The first-order valence-corrected chi connectivity index (χ1v) is 6.77. The van der Waals surface area contributed by atoms with E-state index in [4.69, 9.17) is 5.73 Å². The van der Waals surface area contributed by atoms with E-state index in [1.54, 1.807) is 0 Å². The maximum absolute atomic E-state index is 10.1. The summed E-state index contributed by atoms with van der Waals surface area (Å²) in [7, 11) is -3.60. The van der Waals surface area contributed by atoms with Crippen LogP contribution >= 0.6 is 10.8 Å². The summed E-state index contributed by atoms with van der Waals surface area (Å²) >= 11 is 0. The number of nitrogens with two attached hydrogens (primary N) is 1. The van der Waals surface area contributed by atoms with E-state index in [0.29, 0.717) is 23.1 Å². The summed E-state index contributed by atoms with van der Waals surface area (Å²) in [5.74, 6) is 0.399. The van der Waals surface area contributed by atoms with Crippen LogP contribution in [0, 0.1) is 0 Å². The molecule has 0 saturated carbocycles. The van der Waals surface area contributed by atoms with Gasteiger partial charge >= 0.3 is 29.6 Å². The molecule has 0 unspecified atom stereocenters. The van der Waals surface area contributed by atoms with Gasteiger partial charge in [0.1, 0.15) is 9.15 Å². The smallest absolute Gasteiger partial charge is 0.739 e. The molecular weight excluding hydrogens is 221 g/mol. The van der Waals surface area contributed by atoms with E-state index in [-0.39, 0.29) is 29.6 Å². The molecule has 7 heteroatoms. The van der Waals surface area contributed by atoms with Crippen molar-refractivity contribution in [3.63, 3.8) is 0 Å². The predicted molar refractivity (Wildman–Crippen MR) is 49.7 cm³/mol. The van der Waals surface area contributed by atoms with Crippen LogP contribution in [0.25, 0.3) is 0 Å². The van der Waals surface area contributed by atoms with Crippen molar-refractivity contribution >= 4 is 19.9 Å². The van der Waals surface area contributed by atoms with Crippen LogP contribution in [-0.2, 0) is 9.15 Å². The number of hydrogen-bond acceptors (Lipinski definition) is 5. The van der Waals surface area contributed by atoms with E-state index in [0.717, 1.165) is 25.7 Å². The second-order valence-electron chi connectivity index (χ2n) is 2.43. The Morgan fingerprint density at radius 2 is 1.69 bits per heavy atom. The average Bonchev–Trinajstić information content (AvgIpc) is 1.94. The largest absolute Gasteiger partial charge is 1.00 e. The van der Waals surface area contributed by atoms with Gasteiger partial charge in [-0.2, -0.15) is 0 Å². The molecule has 0 fully saturated rings. The molecule has 0 aromatic carbocycles. The monoisotopic (exact) mass is 235 g/mol. The van der Waals surface area contributed by atoms with Crippen molar-refractivity contribution < 1.29 is 42.5 Å². The summed E-state index contributed by atoms with van der Waals surface area (Å²) < 4.78 is 30.3. The van der Waals surface area contributed by atoms with Gasteiger partial charge in [0, 0.05) is 5.75 Å². The fourth-order valence-electron chi connectivity index (χ4n) is 0.761. The molecule has 0 heterocycles. The van der Waals surface area contributed by atoms with Gasteiger partial charge in [-0.05, 0) is 30.2 Å². The van der Waals surface area contributed by atoms with Crippen LogP contribution in [0.1, 0.15) is 25.7 Å². The zero-order chi connectivity index (χ0) is 9.45. The first-order chi connectivity index (χ1) is 5.56. The third kappa shape index (κ3) is 15.9. The number of rotatable bonds is 7. The Bertz CT molecular complexity index is 196. The quantitative estimate of drug-likeness (QED) is 0.232. The van der Waals surface area contributed by atoms with E-state index in [1.165, 1.54) is 0 Å². The Kier molecular flexibility index (Phi) is 12.5. The molecule has 0 rings (SSSR count). The van der Waals surface area contributed by atoms with Crippen molar-refractivity contribution in [1.29, 1.82) is 0 Å². The zero-order valence-corrected chi connectivity index (χ0v) is 11.5. The SMILES string of the molecule is NCCCCCCSS(=O)(=O)[O-].[Na+]. The summed E-state index contributed by atoms with van der Waals surface area (Å²) in [6.07, 6.45) is 3.69. The molecule has 0 radical (unpaired) electrons. The van der Waals surface area contributed by atoms with Gasteiger partial charge in [0.2, 0.25) is 0 Å². The second kappa shape index (κ2) is 9.76. The normalized spacial score (nSPS) is 10.9. The average molecular weight is 235 g/mol. The third-order valence-corrected chi connectivity index (χ3v) is 3.44. The molecule has 0 atom stereocenters. The van der Waals surface area contributed by atoms with Crippen LogP contribution in [-0.4, -0.2) is 25.3 Å². The predicted octanol–water partition coefficient (Wildman–Crippen LogP) is -2.30. The van der Waals surface area contributed by atoms with Gasteiger partial charge in [-0.25, -0.2) is 8.42 Å². The van der Waals surface area contributed by atoms with Crippen LogP contribution in [0.3, 0.4) is 0 Å². The first kappa shape index (κ1) is 16.6. The first-order valence-electron chi connectivity index (χ1n) is 3.86. The maximum atomic E-state index is 10.1. The molecule has 0 bridgehead atoms. The molecule has 4 nitrogen and oxygen atoms in total. The molecule has 0 saturated heterocycles. The Labute approximate surface area is 105 Å². The van der Waals surface area contributed by atoms with E-state index in [9.17, 15) is 13.0 Å². The van der Waals surface area contributed by atoms with Crippen molar-refractivity contribution in [3.8, 4) is 0 Å². The molecule has 0 aliphatic rings. The topological polar surface area (TPSA) is 83.2 Å². The fraction of sp³-hybridized carbons (Fsp3) is 1.00. The minimum atomic E-state index is -4.07. The van der Waals surface area contributed by atoms with E-state index in [1.807, 2.05) is 0 Å². The van der Waals surface area contributed by atoms with Gasteiger partial charge in [0.05, 0.1) is 0 Å².